The van der Waals surface area contributed by atoms with Gasteiger partial charge in [-0.25, -0.2) is 0 Å². The highest BCUT2D eigenvalue weighted by atomic mass is 15.3. The Bertz CT molecular complexity index is 324. The second kappa shape index (κ2) is 6.48. The molecule has 3 heteroatoms. The maximum Gasteiger partial charge on any atom is 0.0762 e. The molecular formula is C13H23N3. The maximum atomic E-state index is 4.57. The molecule has 1 rings (SSSR count). The van der Waals surface area contributed by atoms with Crippen LogP contribution in [0.2, 0.25) is 0 Å². The lowest BCUT2D eigenvalue weighted by atomic mass is 10.2. The predicted molar refractivity (Wildman–Crippen MR) is 68.4 cm³/mol. The van der Waals surface area contributed by atoms with Crippen LogP contribution in [-0.4, -0.2) is 16.3 Å². The normalized spacial score (nSPS) is 11.0. The van der Waals surface area contributed by atoms with Crippen LogP contribution in [0.25, 0.3) is 0 Å². The van der Waals surface area contributed by atoms with Crippen molar-refractivity contribution in [2.24, 2.45) is 0 Å². The molecule has 0 aliphatic rings. The molecule has 1 N–H and O–H groups in total. The van der Waals surface area contributed by atoms with Gasteiger partial charge in [0.2, 0.25) is 0 Å². The van der Waals surface area contributed by atoms with Gasteiger partial charge in [-0.3, -0.25) is 4.68 Å². The summed E-state index contributed by atoms with van der Waals surface area (Å²) >= 11 is 0. The average molecular weight is 221 g/mol. The van der Waals surface area contributed by atoms with E-state index in [1.807, 2.05) is 6.92 Å². The van der Waals surface area contributed by atoms with Gasteiger partial charge in [-0.1, -0.05) is 26.0 Å². The third-order valence-corrected chi connectivity index (χ3v) is 2.71. The van der Waals surface area contributed by atoms with Crippen LogP contribution in [0.3, 0.4) is 0 Å². The number of rotatable bonds is 7. The summed E-state index contributed by atoms with van der Waals surface area (Å²) in [5, 5.41) is 7.89. The lowest BCUT2D eigenvalue weighted by Crippen LogP contribution is -2.16. The van der Waals surface area contributed by atoms with Gasteiger partial charge < -0.3 is 5.32 Å². The van der Waals surface area contributed by atoms with Crippen molar-refractivity contribution in [3.05, 3.63) is 30.1 Å². The fraction of sp³-hybridized carbons (Fsp3) is 0.615. The molecule has 0 aromatic carbocycles. The Morgan fingerprint density at radius 1 is 1.50 bits per heavy atom. The van der Waals surface area contributed by atoms with Crippen LogP contribution in [-0.2, 0) is 6.54 Å². The molecule has 0 aliphatic heterocycles. The van der Waals surface area contributed by atoms with E-state index in [-0.39, 0.29) is 0 Å². The average Bonchev–Trinajstić information content (AvgIpc) is 2.68. The summed E-state index contributed by atoms with van der Waals surface area (Å²) < 4.78 is 2.08. The van der Waals surface area contributed by atoms with Gasteiger partial charge in [-0.15, -0.1) is 0 Å². The van der Waals surface area contributed by atoms with Crippen molar-refractivity contribution in [1.82, 2.24) is 15.1 Å². The molecule has 90 valence electrons. The fourth-order valence-corrected chi connectivity index (χ4v) is 1.74. The Hall–Kier alpha value is -1.09. The molecular weight excluding hydrogens is 198 g/mol. The molecule has 3 nitrogen and oxygen atoms in total. The highest BCUT2D eigenvalue weighted by Crippen LogP contribution is 2.14. The zero-order valence-corrected chi connectivity index (χ0v) is 10.7. The van der Waals surface area contributed by atoms with Crippen LogP contribution in [0.1, 0.15) is 45.3 Å². The summed E-state index contributed by atoms with van der Waals surface area (Å²) in [4.78, 5) is 0. The van der Waals surface area contributed by atoms with Crippen LogP contribution in [0.4, 0.5) is 0 Å². The minimum absolute atomic E-state index is 0.537. The van der Waals surface area contributed by atoms with Crippen LogP contribution in [0, 0.1) is 0 Å². The summed E-state index contributed by atoms with van der Waals surface area (Å²) in [7, 11) is 0. The first-order chi connectivity index (χ1) is 7.67. The van der Waals surface area contributed by atoms with E-state index >= 15 is 0 Å². The second-order valence-electron chi connectivity index (χ2n) is 4.32. The van der Waals surface area contributed by atoms with Crippen LogP contribution >= 0.6 is 0 Å². The van der Waals surface area contributed by atoms with Gasteiger partial charge >= 0.3 is 0 Å². The standard InChI is InChI=1S/C13H23N3/c1-5-13(6-2)16-8-7-12(15-16)10-14-9-11(3)4/h7-8,13-14H,3,5-6,9-10H2,1-2,4H3. The molecule has 16 heavy (non-hydrogen) atoms. The number of aromatic nitrogens is 2. The summed E-state index contributed by atoms with van der Waals surface area (Å²) in [5.41, 5.74) is 2.26. The highest BCUT2D eigenvalue weighted by molar-refractivity contribution is 5.00. The Morgan fingerprint density at radius 3 is 2.75 bits per heavy atom. The molecule has 0 spiro atoms. The second-order valence-corrected chi connectivity index (χ2v) is 4.32. The van der Waals surface area contributed by atoms with Crippen molar-refractivity contribution >= 4 is 0 Å². The first-order valence-corrected chi connectivity index (χ1v) is 6.06. The third kappa shape index (κ3) is 3.81. The Kier molecular flexibility index (Phi) is 5.26. The van der Waals surface area contributed by atoms with Gasteiger partial charge in [-0.05, 0) is 25.8 Å². The Morgan fingerprint density at radius 2 is 2.19 bits per heavy atom. The van der Waals surface area contributed by atoms with Gasteiger partial charge in [0, 0.05) is 19.3 Å². The molecule has 0 bridgehead atoms. The smallest absolute Gasteiger partial charge is 0.0762 e. The molecule has 0 saturated carbocycles. The summed E-state index contributed by atoms with van der Waals surface area (Å²) in [6.07, 6.45) is 4.35. The quantitative estimate of drug-likeness (QED) is 0.717. The van der Waals surface area contributed by atoms with E-state index in [1.54, 1.807) is 0 Å². The zero-order chi connectivity index (χ0) is 12.0. The Balaban J connectivity index is 2.47. The van der Waals surface area contributed by atoms with Crippen molar-refractivity contribution in [2.75, 3.05) is 6.54 Å². The lowest BCUT2D eigenvalue weighted by molar-refractivity contribution is 0.424. The van der Waals surface area contributed by atoms with E-state index in [0.717, 1.165) is 37.2 Å². The van der Waals surface area contributed by atoms with Gasteiger partial charge in [-0.2, -0.15) is 5.10 Å². The molecule has 0 amide bonds. The van der Waals surface area contributed by atoms with Crippen molar-refractivity contribution in [3.8, 4) is 0 Å². The SMILES string of the molecule is C=C(C)CNCc1ccn(C(CC)CC)n1. The molecule has 0 aliphatic carbocycles. The van der Waals surface area contributed by atoms with Crippen LogP contribution in [0.15, 0.2) is 24.4 Å². The number of hydrogen-bond acceptors (Lipinski definition) is 2. The van der Waals surface area contributed by atoms with E-state index in [1.165, 1.54) is 0 Å². The maximum absolute atomic E-state index is 4.57. The van der Waals surface area contributed by atoms with Gasteiger partial charge in [0.15, 0.2) is 0 Å². The van der Waals surface area contributed by atoms with Crippen molar-refractivity contribution in [3.63, 3.8) is 0 Å². The molecule has 0 fully saturated rings. The van der Waals surface area contributed by atoms with Gasteiger partial charge in [0.1, 0.15) is 0 Å². The first-order valence-electron chi connectivity index (χ1n) is 6.06. The van der Waals surface area contributed by atoms with E-state index in [4.69, 9.17) is 0 Å². The van der Waals surface area contributed by atoms with Crippen LogP contribution in [0.5, 0.6) is 0 Å². The predicted octanol–water partition coefficient (Wildman–Crippen LogP) is 2.91. The molecule has 0 atom stereocenters. The summed E-state index contributed by atoms with van der Waals surface area (Å²) in [5.74, 6) is 0. The van der Waals surface area contributed by atoms with E-state index in [0.29, 0.717) is 6.04 Å². The minimum atomic E-state index is 0.537. The number of nitrogens with zero attached hydrogens (tertiary/aromatic N) is 2. The van der Waals surface area contributed by atoms with Crippen molar-refractivity contribution in [1.29, 1.82) is 0 Å². The van der Waals surface area contributed by atoms with Gasteiger partial charge in [0.05, 0.1) is 11.7 Å². The Labute approximate surface area is 98.5 Å². The molecule has 1 aromatic rings. The van der Waals surface area contributed by atoms with Crippen molar-refractivity contribution < 1.29 is 0 Å². The minimum Gasteiger partial charge on any atom is -0.307 e. The highest BCUT2D eigenvalue weighted by Gasteiger charge is 2.07. The van der Waals surface area contributed by atoms with Crippen LogP contribution < -0.4 is 5.32 Å². The lowest BCUT2D eigenvalue weighted by Gasteiger charge is -2.12. The van der Waals surface area contributed by atoms with Gasteiger partial charge in [0.25, 0.3) is 0 Å². The molecule has 1 heterocycles. The topological polar surface area (TPSA) is 29.9 Å². The third-order valence-electron chi connectivity index (χ3n) is 2.71. The van der Waals surface area contributed by atoms with E-state index in [9.17, 15) is 0 Å². The zero-order valence-electron chi connectivity index (χ0n) is 10.7. The number of hydrogen-bond donors (Lipinski definition) is 1. The summed E-state index contributed by atoms with van der Waals surface area (Å²) in [6, 6.07) is 2.62. The van der Waals surface area contributed by atoms with E-state index < -0.39 is 0 Å². The molecule has 0 radical (unpaired) electrons. The molecule has 1 aromatic heterocycles. The largest absolute Gasteiger partial charge is 0.307 e. The van der Waals surface area contributed by atoms with Crippen molar-refractivity contribution in [2.45, 2.75) is 46.2 Å². The summed E-state index contributed by atoms with van der Waals surface area (Å²) in [6.45, 7) is 12.0. The monoisotopic (exact) mass is 221 g/mol. The molecule has 0 unspecified atom stereocenters. The fourth-order valence-electron chi connectivity index (χ4n) is 1.74. The number of nitrogens with one attached hydrogen (secondary N) is 1. The molecule has 0 saturated heterocycles. The first kappa shape index (κ1) is 13.0. The van der Waals surface area contributed by atoms with E-state index in [2.05, 4.69) is 47.8 Å².